The Hall–Kier alpha value is -4.73. The van der Waals surface area contributed by atoms with Crippen LogP contribution in [0.5, 0.6) is 5.75 Å². The number of amides is 2. The molecule has 1 heterocycles. The third-order valence-corrected chi connectivity index (χ3v) is 7.61. The number of carbonyl (C=O) groups excluding carboxylic acids is 2. The van der Waals surface area contributed by atoms with Gasteiger partial charge in [0.1, 0.15) is 0 Å². The van der Waals surface area contributed by atoms with Crippen LogP contribution in [0.4, 0.5) is 5.69 Å². The molecule has 208 valence electrons. The third-order valence-electron chi connectivity index (χ3n) is 6.68. The van der Waals surface area contributed by atoms with Crippen LogP contribution in [-0.4, -0.2) is 26.8 Å². The largest absolute Gasteiger partial charge is 0.449 e. The molecule has 0 saturated carbocycles. The van der Waals surface area contributed by atoms with Gasteiger partial charge in [-0.15, -0.1) is 0 Å². The van der Waals surface area contributed by atoms with E-state index in [0.29, 0.717) is 36.5 Å². The van der Waals surface area contributed by atoms with Gasteiger partial charge in [-0.05, 0) is 72.5 Å². The SMILES string of the molecule is Cc1cccc(CN2C(=O)C(=Cc3ccc(C(=O)NCCc4ccc(S(N)(=O)=O)cc4)cc3)Oc3ccccc32)c1. The summed E-state index contributed by atoms with van der Waals surface area (Å²) in [6, 6.07) is 28.6. The minimum absolute atomic E-state index is 0.0452. The second-order valence-corrected chi connectivity index (χ2v) is 11.3. The van der Waals surface area contributed by atoms with Gasteiger partial charge in [0.25, 0.3) is 11.8 Å². The molecule has 1 aliphatic heterocycles. The number of nitrogens with one attached hydrogen (secondary N) is 1. The Bertz CT molecular complexity index is 1730. The van der Waals surface area contributed by atoms with E-state index < -0.39 is 10.0 Å². The van der Waals surface area contributed by atoms with Crippen molar-refractivity contribution in [3.8, 4) is 5.75 Å². The number of aryl methyl sites for hydroxylation is 1. The summed E-state index contributed by atoms with van der Waals surface area (Å²) in [5.41, 5.74) is 4.91. The van der Waals surface area contributed by atoms with Crippen molar-refractivity contribution >= 4 is 33.6 Å². The number of nitrogens with zero attached hydrogens (tertiary/aromatic N) is 1. The van der Waals surface area contributed by atoms with Gasteiger partial charge in [0, 0.05) is 12.1 Å². The van der Waals surface area contributed by atoms with Crippen LogP contribution >= 0.6 is 0 Å². The van der Waals surface area contributed by atoms with Crippen molar-refractivity contribution in [1.82, 2.24) is 5.32 Å². The Morgan fingerprint density at radius 3 is 2.37 bits per heavy atom. The fourth-order valence-corrected chi connectivity index (χ4v) is 5.08. The number of ether oxygens (including phenoxy) is 1. The van der Waals surface area contributed by atoms with Crippen molar-refractivity contribution in [2.75, 3.05) is 11.4 Å². The summed E-state index contributed by atoms with van der Waals surface area (Å²) in [6.45, 7) is 2.80. The molecule has 1 aliphatic rings. The Labute approximate surface area is 239 Å². The van der Waals surface area contributed by atoms with Crippen LogP contribution in [0.2, 0.25) is 0 Å². The van der Waals surface area contributed by atoms with Gasteiger partial charge >= 0.3 is 0 Å². The van der Waals surface area contributed by atoms with E-state index in [1.807, 2.05) is 49.4 Å². The molecule has 0 fully saturated rings. The van der Waals surface area contributed by atoms with Crippen LogP contribution < -0.4 is 20.1 Å². The lowest BCUT2D eigenvalue weighted by Crippen LogP contribution is -2.36. The highest BCUT2D eigenvalue weighted by atomic mass is 32.2. The predicted octanol–water partition coefficient (Wildman–Crippen LogP) is 4.58. The van der Waals surface area contributed by atoms with Gasteiger partial charge < -0.3 is 10.1 Å². The molecule has 0 aliphatic carbocycles. The van der Waals surface area contributed by atoms with Crippen molar-refractivity contribution in [3.63, 3.8) is 0 Å². The molecule has 4 aromatic rings. The summed E-state index contributed by atoms with van der Waals surface area (Å²) in [6.07, 6.45) is 2.20. The topological polar surface area (TPSA) is 119 Å². The van der Waals surface area contributed by atoms with E-state index in [1.165, 1.54) is 12.1 Å². The van der Waals surface area contributed by atoms with E-state index in [-0.39, 0.29) is 22.5 Å². The second kappa shape index (κ2) is 11.8. The summed E-state index contributed by atoms with van der Waals surface area (Å²) < 4.78 is 28.8. The van der Waals surface area contributed by atoms with Gasteiger partial charge in [0.15, 0.2) is 11.5 Å². The molecule has 0 unspecified atom stereocenters. The molecule has 0 atom stereocenters. The van der Waals surface area contributed by atoms with E-state index >= 15 is 0 Å². The number of hydrogen-bond acceptors (Lipinski definition) is 5. The Balaban J connectivity index is 1.25. The first-order valence-corrected chi connectivity index (χ1v) is 14.6. The number of primary sulfonamides is 1. The minimum Gasteiger partial charge on any atom is -0.449 e. The standard InChI is InChI=1S/C32H29N3O5S/c1-22-5-4-6-25(19-22)21-35-28-7-2-3-8-29(28)40-30(32(35)37)20-24-9-13-26(14-10-24)31(36)34-18-17-23-11-15-27(16-12-23)41(33,38)39/h2-16,19-20H,17-18,21H2,1H3,(H,34,36)(H2,33,38,39). The number of benzene rings is 4. The zero-order chi connectivity index (χ0) is 29.0. The first-order valence-electron chi connectivity index (χ1n) is 13.0. The molecule has 5 rings (SSSR count). The number of rotatable bonds is 8. The first-order chi connectivity index (χ1) is 19.7. The van der Waals surface area contributed by atoms with Crippen LogP contribution in [-0.2, 0) is 27.8 Å². The maximum atomic E-state index is 13.5. The van der Waals surface area contributed by atoms with Crippen molar-refractivity contribution < 1.29 is 22.7 Å². The quantitative estimate of drug-likeness (QED) is 0.302. The van der Waals surface area contributed by atoms with Crippen molar-refractivity contribution in [1.29, 1.82) is 0 Å². The molecule has 0 radical (unpaired) electrons. The average molecular weight is 568 g/mol. The fraction of sp³-hybridized carbons (Fsp3) is 0.125. The number of carbonyl (C=O) groups is 2. The van der Waals surface area contributed by atoms with Crippen LogP contribution in [0.3, 0.4) is 0 Å². The molecule has 8 nitrogen and oxygen atoms in total. The van der Waals surface area contributed by atoms with Gasteiger partial charge in [-0.2, -0.15) is 0 Å². The van der Waals surface area contributed by atoms with Crippen molar-refractivity contribution in [3.05, 3.63) is 131 Å². The first kappa shape index (κ1) is 27.8. The molecule has 41 heavy (non-hydrogen) atoms. The van der Waals surface area contributed by atoms with Gasteiger partial charge in [-0.1, -0.05) is 66.2 Å². The third kappa shape index (κ3) is 6.71. The van der Waals surface area contributed by atoms with Gasteiger partial charge in [-0.3, -0.25) is 14.5 Å². The molecular formula is C32H29N3O5S. The molecule has 2 amide bonds. The highest BCUT2D eigenvalue weighted by molar-refractivity contribution is 7.89. The lowest BCUT2D eigenvalue weighted by atomic mass is 10.1. The number of anilines is 1. The summed E-state index contributed by atoms with van der Waals surface area (Å²) in [7, 11) is -3.74. The number of nitrogens with two attached hydrogens (primary N) is 1. The Morgan fingerprint density at radius 2 is 1.66 bits per heavy atom. The van der Waals surface area contributed by atoms with E-state index in [1.54, 1.807) is 47.4 Å². The maximum Gasteiger partial charge on any atom is 0.294 e. The Morgan fingerprint density at radius 1 is 0.927 bits per heavy atom. The van der Waals surface area contributed by atoms with Crippen LogP contribution in [0.1, 0.15) is 32.6 Å². The number of para-hydroxylation sites is 2. The Kier molecular flexibility index (Phi) is 8.00. The lowest BCUT2D eigenvalue weighted by molar-refractivity contribution is -0.117. The highest BCUT2D eigenvalue weighted by Gasteiger charge is 2.30. The lowest BCUT2D eigenvalue weighted by Gasteiger charge is -2.30. The number of hydrogen-bond donors (Lipinski definition) is 2. The van der Waals surface area contributed by atoms with Crippen LogP contribution in [0, 0.1) is 6.92 Å². The maximum absolute atomic E-state index is 13.5. The van der Waals surface area contributed by atoms with Gasteiger partial charge in [0.05, 0.1) is 17.1 Å². The number of sulfonamides is 1. The minimum atomic E-state index is -3.74. The zero-order valence-electron chi connectivity index (χ0n) is 22.4. The average Bonchev–Trinajstić information content (AvgIpc) is 2.95. The van der Waals surface area contributed by atoms with E-state index in [9.17, 15) is 18.0 Å². The molecule has 3 N–H and O–H groups in total. The second-order valence-electron chi connectivity index (χ2n) is 9.78. The summed E-state index contributed by atoms with van der Waals surface area (Å²) in [5, 5.41) is 7.99. The van der Waals surface area contributed by atoms with Crippen LogP contribution in [0.15, 0.2) is 108 Å². The molecule has 0 saturated heterocycles. The zero-order valence-corrected chi connectivity index (χ0v) is 23.2. The van der Waals surface area contributed by atoms with Crippen molar-refractivity contribution in [2.24, 2.45) is 5.14 Å². The summed E-state index contributed by atoms with van der Waals surface area (Å²) in [4.78, 5) is 27.9. The van der Waals surface area contributed by atoms with Gasteiger partial charge in [-0.25, -0.2) is 13.6 Å². The van der Waals surface area contributed by atoms with Gasteiger partial charge in [0.2, 0.25) is 10.0 Å². The number of fused-ring (bicyclic) bond motifs is 1. The molecule has 4 aromatic carbocycles. The molecule has 9 heteroatoms. The summed E-state index contributed by atoms with van der Waals surface area (Å²) >= 11 is 0. The highest BCUT2D eigenvalue weighted by Crippen LogP contribution is 2.36. The molecular weight excluding hydrogens is 538 g/mol. The van der Waals surface area contributed by atoms with E-state index in [4.69, 9.17) is 9.88 Å². The normalized spacial score (nSPS) is 14.0. The summed E-state index contributed by atoms with van der Waals surface area (Å²) in [5.74, 6) is 0.307. The molecule has 0 bridgehead atoms. The van der Waals surface area contributed by atoms with Crippen molar-refractivity contribution in [2.45, 2.75) is 24.8 Å². The molecule has 0 aromatic heterocycles. The molecule has 0 spiro atoms. The fourth-order valence-electron chi connectivity index (χ4n) is 4.56. The monoisotopic (exact) mass is 567 g/mol. The van der Waals surface area contributed by atoms with E-state index in [2.05, 4.69) is 11.4 Å². The smallest absolute Gasteiger partial charge is 0.294 e. The van der Waals surface area contributed by atoms with Crippen LogP contribution in [0.25, 0.3) is 6.08 Å². The van der Waals surface area contributed by atoms with E-state index in [0.717, 1.165) is 22.3 Å². The predicted molar refractivity (Wildman–Crippen MR) is 158 cm³/mol.